The van der Waals surface area contributed by atoms with E-state index in [2.05, 4.69) is 6.92 Å². The van der Waals surface area contributed by atoms with Crippen LogP contribution in [-0.2, 0) is 19.1 Å². The lowest BCUT2D eigenvalue weighted by atomic mass is 9.45. The molecule has 2 N–H and O–H groups in total. The normalized spacial score (nSPS) is 45.1. The van der Waals surface area contributed by atoms with Crippen molar-refractivity contribution in [3.8, 4) is 0 Å². The second-order valence-electron chi connectivity index (χ2n) is 10.4. The summed E-state index contributed by atoms with van der Waals surface area (Å²) in [5, 5.41) is 21.2. The maximum Gasteiger partial charge on any atom is 0.306 e. The molecule has 0 saturated heterocycles. The van der Waals surface area contributed by atoms with E-state index in [9.17, 15) is 24.6 Å². The molecule has 0 aromatic rings. The molecule has 30 heavy (non-hydrogen) atoms. The van der Waals surface area contributed by atoms with Crippen LogP contribution in [0.15, 0.2) is 11.6 Å². The van der Waals surface area contributed by atoms with Gasteiger partial charge in [0.2, 0.25) is 5.78 Å². The van der Waals surface area contributed by atoms with Gasteiger partial charge < -0.3 is 14.9 Å². The van der Waals surface area contributed by atoms with E-state index in [-0.39, 0.29) is 35.4 Å². The van der Waals surface area contributed by atoms with Crippen molar-refractivity contribution in [2.24, 2.45) is 28.6 Å². The van der Waals surface area contributed by atoms with Gasteiger partial charge in [0.1, 0.15) is 6.61 Å². The summed E-state index contributed by atoms with van der Waals surface area (Å²) >= 11 is 0. The molecule has 0 heterocycles. The van der Waals surface area contributed by atoms with Gasteiger partial charge in [-0.2, -0.15) is 0 Å². The van der Waals surface area contributed by atoms with Crippen LogP contribution >= 0.6 is 0 Å². The summed E-state index contributed by atoms with van der Waals surface area (Å²) in [6.45, 7) is 5.18. The topological polar surface area (TPSA) is 101 Å². The minimum Gasteiger partial charge on any atom is -0.450 e. The highest BCUT2D eigenvalue weighted by Gasteiger charge is 2.70. The van der Waals surface area contributed by atoms with Gasteiger partial charge in [-0.3, -0.25) is 14.4 Å². The number of allylic oxidation sites excluding steroid dienone is 1. The zero-order valence-electron chi connectivity index (χ0n) is 18.3. The molecule has 0 bridgehead atoms. The fraction of sp³-hybridized carbons (Fsp3) is 0.792. The summed E-state index contributed by atoms with van der Waals surface area (Å²) in [5.74, 6) is -0.362. The van der Waals surface area contributed by atoms with Crippen molar-refractivity contribution in [3.05, 3.63) is 11.6 Å². The summed E-state index contributed by atoms with van der Waals surface area (Å²) in [7, 11) is 0. The molecule has 0 unspecified atom stereocenters. The van der Waals surface area contributed by atoms with E-state index in [0.717, 1.165) is 31.3 Å². The van der Waals surface area contributed by atoms with Gasteiger partial charge in [0.25, 0.3) is 0 Å². The first kappa shape index (κ1) is 21.7. The molecule has 6 nitrogen and oxygen atoms in total. The lowest BCUT2D eigenvalue weighted by Gasteiger charge is -2.60. The molecule has 3 saturated carbocycles. The number of aliphatic hydroxyl groups excluding tert-OH is 2. The Balaban J connectivity index is 1.75. The van der Waals surface area contributed by atoms with Crippen LogP contribution < -0.4 is 0 Å². The zero-order valence-corrected chi connectivity index (χ0v) is 18.3. The van der Waals surface area contributed by atoms with Gasteiger partial charge in [-0.05, 0) is 67.8 Å². The molecule has 0 aromatic heterocycles. The van der Waals surface area contributed by atoms with Gasteiger partial charge in [0, 0.05) is 18.3 Å². The first-order chi connectivity index (χ1) is 14.1. The predicted molar refractivity (Wildman–Crippen MR) is 109 cm³/mol. The zero-order chi connectivity index (χ0) is 21.9. The Morgan fingerprint density at radius 1 is 1.20 bits per heavy atom. The highest BCUT2D eigenvalue weighted by molar-refractivity contribution is 5.92. The summed E-state index contributed by atoms with van der Waals surface area (Å²) in [4.78, 5) is 37.3. The van der Waals surface area contributed by atoms with E-state index in [0.29, 0.717) is 19.3 Å². The fourth-order valence-corrected chi connectivity index (χ4v) is 7.75. The molecule has 4 aliphatic rings. The van der Waals surface area contributed by atoms with Gasteiger partial charge in [-0.25, -0.2) is 0 Å². The van der Waals surface area contributed by atoms with Gasteiger partial charge >= 0.3 is 5.97 Å². The quantitative estimate of drug-likeness (QED) is 0.681. The number of carbonyl (C=O) groups is 3. The molecule has 0 aliphatic heterocycles. The Morgan fingerprint density at radius 2 is 1.93 bits per heavy atom. The van der Waals surface area contributed by atoms with Crippen molar-refractivity contribution >= 4 is 17.5 Å². The first-order valence-electron chi connectivity index (χ1n) is 11.4. The lowest BCUT2D eigenvalue weighted by molar-refractivity contribution is -0.202. The maximum atomic E-state index is 13.0. The number of fused-ring (bicyclic) bond motifs is 5. The molecule has 166 valence electrons. The number of hydrogen-bond acceptors (Lipinski definition) is 6. The monoisotopic (exact) mass is 418 g/mol. The predicted octanol–water partition coefficient (Wildman–Crippen LogP) is 2.74. The Bertz CT molecular complexity index is 802. The van der Waals surface area contributed by atoms with Gasteiger partial charge in [-0.1, -0.05) is 26.3 Å². The number of Topliss-reactive ketones (excluding diaryl/α,β-unsaturated/α-hetero) is 1. The van der Waals surface area contributed by atoms with Crippen molar-refractivity contribution in [2.45, 2.75) is 83.8 Å². The maximum absolute atomic E-state index is 13.0. The van der Waals surface area contributed by atoms with E-state index >= 15 is 0 Å². The minimum atomic E-state index is -1.37. The molecule has 4 rings (SSSR count). The largest absolute Gasteiger partial charge is 0.450 e. The first-order valence-corrected chi connectivity index (χ1v) is 11.4. The highest BCUT2D eigenvalue weighted by Crippen LogP contribution is 2.68. The van der Waals surface area contributed by atoms with Gasteiger partial charge in [-0.15, -0.1) is 0 Å². The minimum absolute atomic E-state index is 0.0329. The number of esters is 1. The van der Waals surface area contributed by atoms with Crippen LogP contribution in [-0.4, -0.2) is 46.1 Å². The van der Waals surface area contributed by atoms with Crippen LogP contribution in [0, 0.1) is 28.6 Å². The molecule has 0 amide bonds. The standard InChI is InChI=1S/C24H34O6/c1-4-20(29)30-24(19(28)13-25)10-8-17-16-6-5-14-11-15(26)7-9-22(14,2)21(16)18(27)12-23(17,24)3/h11,16-18,21,25,27H,4-10,12-13H2,1-3H3/t16-,17+,18+,21-,22-,23-,24-/m0/s1. The number of rotatable bonds is 4. The number of ether oxygens (including phenoxy) is 1. The lowest BCUT2D eigenvalue weighted by Crippen LogP contribution is -2.63. The summed E-state index contributed by atoms with van der Waals surface area (Å²) in [6, 6.07) is 0. The van der Waals surface area contributed by atoms with E-state index < -0.39 is 35.5 Å². The van der Waals surface area contributed by atoms with E-state index in [1.165, 1.54) is 0 Å². The average Bonchev–Trinajstić information content (AvgIpc) is 3.00. The molecule has 0 spiro atoms. The average molecular weight is 419 g/mol. The second kappa shape index (κ2) is 7.27. The van der Waals surface area contributed by atoms with E-state index in [4.69, 9.17) is 4.74 Å². The van der Waals surface area contributed by atoms with Crippen LogP contribution in [0.1, 0.15) is 72.1 Å². The Kier molecular flexibility index (Phi) is 5.25. The third kappa shape index (κ3) is 2.79. The third-order valence-corrected chi connectivity index (χ3v) is 9.19. The van der Waals surface area contributed by atoms with Crippen molar-refractivity contribution in [3.63, 3.8) is 0 Å². The molecule has 3 fully saturated rings. The van der Waals surface area contributed by atoms with Crippen LogP contribution in [0.25, 0.3) is 0 Å². The fourth-order valence-electron chi connectivity index (χ4n) is 7.75. The van der Waals surface area contributed by atoms with Crippen LogP contribution in [0.5, 0.6) is 0 Å². The number of hydrogen-bond donors (Lipinski definition) is 2. The van der Waals surface area contributed by atoms with Crippen molar-refractivity contribution in [1.29, 1.82) is 0 Å². The van der Waals surface area contributed by atoms with Crippen molar-refractivity contribution in [1.82, 2.24) is 0 Å². The summed E-state index contributed by atoms with van der Waals surface area (Å²) in [6.07, 6.45) is 5.77. The Morgan fingerprint density at radius 3 is 2.60 bits per heavy atom. The SMILES string of the molecule is CCC(=O)O[C@]1(C(=O)CO)CC[C@@H]2[C@@H]3CCC4=CC(=O)CC[C@]4(C)[C@@H]3[C@H](O)C[C@@]21C. The summed E-state index contributed by atoms with van der Waals surface area (Å²) in [5.41, 5.74) is -1.12. The van der Waals surface area contributed by atoms with Crippen LogP contribution in [0.2, 0.25) is 0 Å². The molecule has 6 heteroatoms. The molecule has 4 aliphatic carbocycles. The van der Waals surface area contributed by atoms with E-state index in [1.54, 1.807) is 13.0 Å². The molecular weight excluding hydrogens is 384 g/mol. The Labute approximate surface area is 178 Å². The van der Waals surface area contributed by atoms with Gasteiger partial charge in [0.05, 0.1) is 6.10 Å². The summed E-state index contributed by atoms with van der Waals surface area (Å²) < 4.78 is 5.83. The van der Waals surface area contributed by atoms with Crippen molar-refractivity contribution in [2.75, 3.05) is 6.61 Å². The smallest absolute Gasteiger partial charge is 0.306 e. The Hall–Kier alpha value is -1.53. The van der Waals surface area contributed by atoms with Crippen LogP contribution in [0.3, 0.4) is 0 Å². The number of carbonyl (C=O) groups excluding carboxylic acids is 3. The molecular formula is C24H34O6. The molecule has 0 radical (unpaired) electrons. The number of ketones is 2. The van der Waals surface area contributed by atoms with Gasteiger partial charge in [0.15, 0.2) is 11.4 Å². The van der Waals surface area contributed by atoms with Crippen molar-refractivity contribution < 1.29 is 29.3 Å². The third-order valence-electron chi connectivity index (χ3n) is 9.19. The second-order valence-corrected chi connectivity index (χ2v) is 10.4. The van der Waals surface area contributed by atoms with Crippen LogP contribution in [0.4, 0.5) is 0 Å². The molecule has 7 atom stereocenters. The highest BCUT2D eigenvalue weighted by atomic mass is 16.6. The molecule has 0 aromatic carbocycles. The van der Waals surface area contributed by atoms with E-state index in [1.807, 2.05) is 6.92 Å². The number of aliphatic hydroxyl groups is 2.